The Bertz CT molecular complexity index is 1880. The molecule has 0 spiro atoms. The molecule has 53 heavy (non-hydrogen) atoms. The van der Waals surface area contributed by atoms with Gasteiger partial charge in [0.1, 0.15) is 42.4 Å². The van der Waals surface area contributed by atoms with Crippen LogP contribution in [-0.2, 0) is 17.6 Å². The fourth-order valence-corrected chi connectivity index (χ4v) is 7.72. The molecular weight excluding hydrogens is 668 g/mol. The van der Waals surface area contributed by atoms with Gasteiger partial charge in [0.2, 0.25) is 0 Å². The molecule has 0 aromatic heterocycles. The number of nitrogens with one attached hydrogen (secondary N) is 1. The van der Waals surface area contributed by atoms with Crippen LogP contribution in [0.3, 0.4) is 0 Å². The summed E-state index contributed by atoms with van der Waals surface area (Å²) in [5.74, 6) is 9.59. The maximum Gasteiger partial charge on any atom is 0.251 e. The molecule has 2 bridgehead atoms. The lowest BCUT2D eigenvalue weighted by atomic mass is 9.85. The molecule has 10 heteroatoms. The van der Waals surface area contributed by atoms with Crippen molar-refractivity contribution in [2.75, 3.05) is 6.54 Å². The lowest BCUT2D eigenvalue weighted by Crippen LogP contribution is -3.13. The highest BCUT2D eigenvalue weighted by Gasteiger charge is 2.40. The summed E-state index contributed by atoms with van der Waals surface area (Å²) >= 11 is 0. The van der Waals surface area contributed by atoms with E-state index in [0.717, 1.165) is 64.1 Å². The molecule has 0 saturated heterocycles. The highest BCUT2D eigenvalue weighted by molar-refractivity contribution is 6.08. The van der Waals surface area contributed by atoms with E-state index in [1.165, 1.54) is 0 Å². The van der Waals surface area contributed by atoms with E-state index >= 15 is 0 Å². The molecule has 6 rings (SSSR count). The highest BCUT2D eigenvalue weighted by Crippen LogP contribution is 2.34. The minimum absolute atomic E-state index is 0.00470. The van der Waals surface area contributed by atoms with Crippen molar-refractivity contribution >= 4 is 11.5 Å². The quantitative estimate of drug-likeness (QED) is 0.0978. The number of aliphatic imine (C=N–C) groups is 1. The van der Waals surface area contributed by atoms with E-state index < -0.39 is 42.5 Å². The average molecular weight is 722 g/mol. The molecule has 280 valence electrons. The van der Waals surface area contributed by atoms with Gasteiger partial charge >= 0.3 is 0 Å². The van der Waals surface area contributed by atoms with Crippen molar-refractivity contribution < 1.29 is 34.5 Å². The molecule has 4 aliphatic rings. The lowest BCUT2D eigenvalue weighted by molar-refractivity contribution is -0.886. The zero-order chi connectivity index (χ0) is 37.5. The molecule has 2 aromatic carbocycles. The maximum atomic E-state index is 13.6. The molecule has 7 atom stereocenters. The Morgan fingerprint density at radius 3 is 2.70 bits per heavy atom. The predicted octanol–water partition coefficient (Wildman–Crippen LogP) is 3.69. The number of aliphatic hydroxyl groups is 3. The number of ether oxygens (including phenoxy) is 2. The number of quaternary nitrogens is 1. The summed E-state index contributed by atoms with van der Waals surface area (Å²) in [6.07, 6.45) is 9.87. The molecule has 0 aliphatic carbocycles. The molecule has 10 nitrogen and oxygen atoms in total. The van der Waals surface area contributed by atoms with Crippen molar-refractivity contribution in [1.29, 1.82) is 0 Å². The number of hydrogen-bond acceptors (Lipinski definition) is 9. The zero-order valence-electron chi connectivity index (χ0n) is 30.8. The van der Waals surface area contributed by atoms with E-state index in [0.29, 0.717) is 55.7 Å². The second kappa shape index (κ2) is 17.7. The minimum atomic E-state index is -1.06. The van der Waals surface area contributed by atoms with E-state index in [2.05, 4.69) is 37.0 Å². The third-order valence-corrected chi connectivity index (χ3v) is 10.7. The average Bonchev–Trinajstić information content (AvgIpc) is 3.74. The molecule has 0 amide bonds. The summed E-state index contributed by atoms with van der Waals surface area (Å²) in [6.45, 7) is 4.70. The first-order valence-corrected chi connectivity index (χ1v) is 19.1. The van der Waals surface area contributed by atoms with Crippen molar-refractivity contribution in [3.8, 4) is 35.4 Å². The number of allylic oxidation sites excluding steroid dienone is 1. The summed E-state index contributed by atoms with van der Waals surface area (Å²) in [6, 6.07) is 11.3. The lowest BCUT2D eigenvalue weighted by Gasteiger charge is -2.27. The molecule has 1 unspecified atom stereocenters. The predicted molar refractivity (Wildman–Crippen MR) is 203 cm³/mol. The topological polar surface area (TPSA) is 165 Å². The number of unbranched alkanes of at least 4 members (excludes halogenated alkanes) is 2. The molecule has 0 saturated carbocycles. The number of carbonyl (C=O) groups excluding carboxylic acids is 1. The number of hydrogen-bond donors (Lipinski definition) is 6. The number of aliphatic hydroxyl groups excluding tert-OH is 3. The Kier molecular flexibility index (Phi) is 12.9. The van der Waals surface area contributed by atoms with Crippen LogP contribution in [0.4, 0.5) is 0 Å². The van der Waals surface area contributed by atoms with E-state index in [4.69, 9.17) is 25.9 Å². The molecule has 4 heterocycles. The maximum absolute atomic E-state index is 13.6. The van der Waals surface area contributed by atoms with Crippen LogP contribution in [0.2, 0.25) is 0 Å². The van der Waals surface area contributed by atoms with Crippen molar-refractivity contribution in [1.82, 2.24) is 0 Å². The summed E-state index contributed by atoms with van der Waals surface area (Å²) in [4.78, 5) is 19.4. The zero-order valence-corrected chi connectivity index (χ0v) is 30.8. The normalized spacial score (nSPS) is 23.0. The van der Waals surface area contributed by atoms with Gasteiger partial charge < -0.3 is 36.3 Å². The number of benzene rings is 2. The Morgan fingerprint density at radius 1 is 1.06 bits per heavy atom. The van der Waals surface area contributed by atoms with Crippen LogP contribution in [0.25, 0.3) is 0 Å². The van der Waals surface area contributed by atoms with Crippen LogP contribution < -0.4 is 25.8 Å². The van der Waals surface area contributed by atoms with Gasteiger partial charge in [-0.1, -0.05) is 81.6 Å². The number of nitrogens with zero attached hydrogens (tertiary/aromatic N) is 1. The van der Waals surface area contributed by atoms with Crippen LogP contribution in [0, 0.1) is 35.7 Å². The van der Waals surface area contributed by atoms with E-state index in [1.807, 2.05) is 49.5 Å². The second-order valence-electron chi connectivity index (χ2n) is 14.7. The molecule has 4 aliphatic heterocycles. The Morgan fingerprint density at radius 2 is 1.91 bits per heavy atom. The third kappa shape index (κ3) is 9.28. The van der Waals surface area contributed by atoms with E-state index in [-0.39, 0.29) is 18.6 Å². The summed E-state index contributed by atoms with van der Waals surface area (Å²) in [5, 5.41) is 32.8. The summed E-state index contributed by atoms with van der Waals surface area (Å²) in [5.41, 5.74) is 18.3. The van der Waals surface area contributed by atoms with Gasteiger partial charge in [-0.05, 0) is 65.6 Å². The first-order chi connectivity index (χ1) is 25.6. The van der Waals surface area contributed by atoms with Crippen LogP contribution in [-0.4, -0.2) is 51.8 Å². The van der Waals surface area contributed by atoms with Gasteiger partial charge in [0.05, 0.1) is 23.9 Å². The van der Waals surface area contributed by atoms with Gasteiger partial charge in [-0.25, -0.2) is 0 Å². The first-order valence-electron chi connectivity index (χ1n) is 19.1. The Labute approximate surface area is 313 Å². The van der Waals surface area contributed by atoms with E-state index in [9.17, 15) is 20.1 Å². The fraction of sp³-hybridized carbons (Fsp3) is 0.488. The number of aryl methyl sites for hydroxylation is 1. The number of Topliss-reactive ketones (excluding diaryl/α,β-unsaturated/α-hetero) is 1. The monoisotopic (exact) mass is 721 g/mol. The third-order valence-electron chi connectivity index (χ3n) is 10.7. The SMILES string of the molecule is CCCCC[C@H](C(=O)CCc1ccc2c(c1)O[C@H]1[C@H](C#C[C@@H](O)c3ccc(C(N)N)cc3CC3=CN=C4C[NH+]1C=C34)CC#CO2)[C@H](O)C[C@H](O)CCC. The molecule has 0 radical (unpaired) electrons. The second-order valence-corrected chi connectivity index (χ2v) is 14.7. The van der Waals surface area contributed by atoms with E-state index in [1.54, 1.807) is 0 Å². The molecule has 2 aromatic rings. The van der Waals surface area contributed by atoms with Crippen molar-refractivity contribution in [3.63, 3.8) is 0 Å². The number of ketones is 1. The smallest absolute Gasteiger partial charge is 0.251 e. The standard InChI is InChI=1S/C43H52N4O6/c1-3-5-6-10-34(39(51)23-32(48)8-4-2)38(50)16-11-27-12-18-40-41(20-27)53-43-28(9-7-19-52-40)14-17-37(49)33-15-13-29(42(44)45)21-30(33)22-31-24-46-36-26-47(43)25-35(31)36/h12-13,15,18,20-21,24-25,28,32,34,37,39,42-43,48-49,51H,3-6,8-11,16,22-23,26,44-45H2,1-2H3/p+1/t28-,32+,34+,37+,39+,43-/m0/s1. The molecular formula is C43H53N4O6+. The van der Waals surface area contributed by atoms with Crippen LogP contribution in [0.1, 0.15) is 106 Å². The van der Waals surface area contributed by atoms with Crippen molar-refractivity contribution in [2.45, 2.75) is 115 Å². The van der Waals surface area contributed by atoms with Crippen molar-refractivity contribution in [2.24, 2.45) is 28.3 Å². The summed E-state index contributed by atoms with van der Waals surface area (Å²) < 4.78 is 12.7. The van der Waals surface area contributed by atoms with Crippen LogP contribution >= 0.6 is 0 Å². The number of nitrogens with two attached hydrogens (primary N) is 2. The Hall–Kier alpha value is -4.26. The molecule has 0 fully saturated rings. The Balaban J connectivity index is 1.26. The number of rotatable bonds is 14. The first kappa shape index (κ1) is 38.5. The van der Waals surface area contributed by atoms with Gasteiger partial charge in [0.25, 0.3) is 6.23 Å². The molecule has 8 N–H and O–H groups in total. The van der Waals surface area contributed by atoms with Gasteiger partial charge in [-0.3, -0.25) is 14.7 Å². The van der Waals surface area contributed by atoms with Gasteiger partial charge in [-0.15, -0.1) is 0 Å². The van der Waals surface area contributed by atoms with Gasteiger partial charge in [0.15, 0.2) is 11.5 Å². The largest absolute Gasteiger partial charge is 0.437 e. The number of carbonyl (C=O) groups is 1. The van der Waals surface area contributed by atoms with Gasteiger partial charge in [-0.2, -0.15) is 0 Å². The number of fused-ring (bicyclic) bond motifs is 5. The van der Waals surface area contributed by atoms with Crippen LogP contribution in [0.15, 0.2) is 64.9 Å². The highest BCUT2D eigenvalue weighted by atomic mass is 16.5. The minimum Gasteiger partial charge on any atom is -0.437 e. The fourth-order valence-electron chi connectivity index (χ4n) is 7.72. The summed E-state index contributed by atoms with van der Waals surface area (Å²) in [7, 11) is 0. The van der Waals surface area contributed by atoms with Crippen LogP contribution in [0.5, 0.6) is 11.5 Å². The van der Waals surface area contributed by atoms with Crippen molar-refractivity contribution in [3.05, 3.63) is 82.2 Å². The van der Waals surface area contributed by atoms with Gasteiger partial charge in [0, 0.05) is 31.4 Å².